The van der Waals surface area contributed by atoms with E-state index in [0.29, 0.717) is 25.4 Å². The molecule has 5 nitrogen and oxygen atoms in total. The van der Waals surface area contributed by atoms with Gasteiger partial charge in [-0.05, 0) is 37.0 Å². The maximum absolute atomic E-state index is 12.1. The molecule has 2 amide bonds. The molecule has 1 saturated carbocycles. The summed E-state index contributed by atoms with van der Waals surface area (Å²) in [4.78, 5) is 24.7. The summed E-state index contributed by atoms with van der Waals surface area (Å²) in [6.45, 7) is 6.12. The average Bonchev–Trinajstić information content (AvgIpc) is 3.17. The highest BCUT2D eigenvalue weighted by Crippen LogP contribution is 2.51. The number of carbonyl (C=O) groups is 2. The Morgan fingerprint density at radius 2 is 2.11 bits per heavy atom. The molecule has 1 atom stereocenters. The first-order valence-corrected chi connectivity index (χ1v) is 7.20. The normalized spacial score (nSPS) is 25.2. The van der Waals surface area contributed by atoms with E-state index in [1.807, 2.05) is 0 Å². The number of hydrogen-bond acceptors (Lipinski definition) is 2. The summed E-state index contributed by atoms with van der Waals surface area (Å²) in [6, 6.07) is -0.0992. The minimum absolute atomic E-state index is 0.0992. The largest absolute Gasteiger partial charge is 0.481 e. The predicted octanol–water partition coefficient (Wildman–Crippen LogP) is 1.93. The Morgan fingerprint density at radius 1 is 1.42 bits per heavy atom. The summed E-state index contributed by atoms with van der Waals surface area (Å²) in [5.74, 6) is -0.612. The molecule has 1 heterocycles. The van der Waals surface area contributed by atoms with Crippen molar-refractivity contribution in [3.8, 4) is 0 Å². The van der Waals surface area contributed by atoms with Crippen LogP contribution in [-0.2, 0) is 4.79 Å². The number of hydrogen-bond donors (Lipinski definition) is 2. The summed E-state index contributed by atoms with van der Waals surface area (Å²) in [5.41, 5.74) is 0.289. The van der Waals surface area contributed by atoms with E-state index in [1.54, 1.807) is 4.90 Å². The second kappa shape index (κ2) is 5.39. The molecule has 2 N–H and O–H groups in total. The van der Waals surface area contributed by atoms with Crippen LogP contribution in [0, 0.1) is 17.3 Å². The molecule has 0 aromatic carbocycles. The van der Waals surface area contributed by atoms with Crippen molar-refractivity contribution in [2.75, 3.05) is 19.6 Å². The monoisotopic (exact) mass is 268 g/mol. The predicted molar refractivity (Wildman–Crippen MR) is 71.8 cm³/mol. The molecule has 2 aliphatic rings. The summed E-state index contributed by atoms with van der Waals surface area (Å²) in [7, 11) is 0. The number of carboxylic acid groups (broad SMARTS) is 1. The van der Waals surface area contributed by atoms with Crippen LogP contribution in [0.15, 0.2) is 0 Å². The van der Waals surface area contributed by atoms with E-state index in [0.717, 1.165) is 13.0 Å². The van der Waals surface area contributed by atoms with Crippen LogP contribution in [0.1, 0.15) is 39.5 Å². The van der Waals surface area contributed by atoms with Gasteiger partial charge in [-0.15, -0.1) is 0 Å². The third-order valence-corrected chi connectivity index (χ3v) is 4.77. The van der Waals surface area contributed by atoms with Gasteiger partial charge in [0.2, 0.25) is 0 Å². The summed E-state index contributed by atoms with van der Waals surface area (Å²) in [6.07, 6.45) is 3.82. The van der Waals surface area contributed by atoms with E-state index in [1.165, 1.54) is 12.8 Å². The third-order valence-electron chi connectivity index (χ3n) is 4.77. The molecule has 19 heavy (non-hydrogen) atoms. The number of carbonyl (C=O) groups excluding carboxylic acids is 1. The molecule has 0 unspecified atom stereocenters. The maximum Gasteiger partial charge on any atom is 0.317 e. The van der Waals surface area contributed by atoms with E-state index >= 15 is 0 Å². The fourth-order valence-corrected chi connectivity index (χ4v) is 2.85. The van der Waals surface area contributed by atoms with E-state index in [4.69, 9.17) is 5.11 Å². The highest BCUT2D eigenvalue weighted by Gasteiger charge is 2.45. The molecule has 2 fully saturated rings. The Kier molecular flexibility index (Phi) is 4.02. The van der Waals surface area contributed by atoms with Crippen LogP contribution in [0.4, 0.5) is 4.79 Å². The smallest absolute Gasteiger partial charge is 0.317 e. The summed E-state index contributed by atoms with van der Waals surface area (Å²) < 4.78 is 0. The fourth-order valence-electron chi connectivity index (χ4n) is 2.85. The zero-order chi connectivity index (χ0) is 14.0. The molecular formula is C14H24N2O3. The molecule has 1 aliphatic heterocycles. The van der Waals surface area contributed by atoms with Crippen LogP contribution in [0.5, 0.6) is 0 Å². The van der Waals surface area contributed by atoms with Gasteiger partial charge in [0.25, 0.3) is 0 Å². The molecule has 1 aliphatic carbocycles. The van der Waals surface area contributed by atoms with Crippen LogP contribution in [0.2, 0.25) is 0 Å². The number of nitrogens with one attached hydrogen (secondary N) is 1. The number of nitrogens with zero attached hydrogens (tertiary/aromatic N) is 1. The first-order chi connectivity index (χ1) is 8.94. The standard InChI is InChI=1S/C14H24N2O3/c1-10(2)14(5-6-14)9-15-13(19)16-7-3-4-11(8-16)12(17)18/h10-11H,3-9H2,1-2H3,(H,15,19)(H,17,18)/t11-/m1/s1. The SMILES string of the molecule is CC(C)C1(CNC(=O)N2CCC[C@@H](C(=O)O)C2)CC1. The number of urea groups is 1. The number of likely N-dealkylation sites (tertiary alicyclic amines) is 1. The van der Waals surface area contributed by atoms with Gasteiger partial charge in [-0.2, -0.15) is 0 Å². The van der Waals surface area contributed by atoms with Gasteiger partial charge >= 0.3 is 12.0 Å². The lowest BCUT2D eigenvalue weighted by atomic mass is 9.92. The first-order valence-electron chi connectivity index (χ1n) is 7.20. The molecule has 2 rings (SSSR count). The molecule has 5 heteroatoms. The Bertz CT molecular complexity index is 364. The molecule has 0 aromatic rings. The third kappa shape index (κ3) is 3.19. The van der Waals surface area contributed by atoms with E-state index in [9.17, 15) is 9.59 Å². The van der Waals surface area contributed by atoms with Crippen molar-refractivity contribution in [2.45, 2.75) is 39.5 Å². The van der Waals surface area contributed by atoms with Crippen molar-refractivity contribution < 1.29 is 14.7 Å². The minimum Gasteiger partial charge on any atom is -0.481 e. The fraction of sp³-hybridized carbons (Fsp3) is 0.857. The average molecular weight is 268 g/mol. The second-order valence-electron chi connectivity index (χ2n) is 6.30. The van der Waals surface area contributed by atoms with Gasteiger partial charge < -0.3 is 15.3 Å². The number of piperidine rings is 1. The van der Waals surface area contributed by atoms with E-state index in [-0.39, 0.29) is 11.4 Å². The van der Waals surface area contributed by atoms with Crippen molar-refractivity contribution in [1.82, 2.24) is 10.2 Å². The van der Waals surface area contributed by atoms with E-state index in [2.05, 4.69) is 19.2 Å². The van der Waals surface area contributed by atoms with Crippen LogP contribution >= 0.6 is 0 Å². The van der Waals surface area contributed by atoms with E-state index < -0.39 is 11.9 Å². The van der Waals surface area contributed by atoms with Crippen LogP contribution < -0.4 is 5.32 Å². The molecular weight excluding hydrogens is 244 g/mol. The van der Waals surface area contributed by atoms with Gasteiger partial charge in [-0.25, -0.2) is 4.79 Å². The lowest BCUT2D eigenvalue weighted by Gasteiger charge is -2.31. The molecule has 0 bridgehead atoms. The Balaban J connectivity index is 1.81. The van der Waals surface area contributed by atoms with Gasteiger partial charge in [-0.1, -0.05) is 13.8 Å². The van der Waals surface area contributed by atoms with Crippen molar-refractivity contribution in [3.63, 3.8) is 0 Å². The van der Waals surface area contributed by atoms with Crippen LogP contribution in [-0.4, -0.2) is 41.6 Å². The Morgan fingerprint density at radius 3 is 2.63 bits per heavy atom. The summed E-state index contributed by atoms with van der Waals surface area (Å²) in [5, 5.41) is 12.0. The van der Waals surface area contributed by atoms with Gasteiger partial charge in [0, 0.05) is 19.6 Å². The van der Waals surface area contributed by atoms with Crippen molar-refractivity contribution in [1.29, 1.82) is 0 Å². The Hall–Kier alpha value is -1.26. The van der Waals surface area contributed by atoms with Crippen LogP contribution in [0.3, 0.4) is 0 Å². The van der Waals surface area contributed by atoms with Gasteiger partial charge in [0.15, 0.2) is 0 Å². The Labute approximate surface area is 114 Å². The second-order valence-corrected chi connectivity index (χ2v) is 6.30. The molecule has 0 radical (unpaired) electrons. The number of rotatable bonds is 4. The lowest BCUT2D eigenvalue weighted by molar-refractivity contribution is -0.143. The molecule has 1 saturated heterocycles. The summed E-state index contributed by atoms with van der Waals surface area (Å²) >= 11 is 0. The number of amides is 2. The zero-order valence-corrected chi connectivity index (χ0v) is 11.8. The highest BCUT2D eigenvalue weighted by atomic mass is 16.4. The molecule has 0 spiro atoms. The van der Waals surface area contributed by atoms with Crippen molar-refractivity contribution in [2.24, 2.45) is 17.3 Å². The van der Waals surface area contributed by atoms with Gasteiger partial charge in [0.05, 0.1) is 5.92 Å². The highest BCUT2D eigenvalue weighted by molar-refractivity contribution is 5.76. The molecule has 108 valence electrons. The van der Waals surface area contributed by atoms with Crippen LogP contribution in [0.25, 0.3) is 0 Å². The zero-order valence-electron chi connectivity index (χ0n) is 11.8. The quantitative estimate of drug-likeness (QED) is 0.818. The first kappa shape index (κ1) is 14.2. The number of aliphatic carboxylic acids is 1. The van der Waals surface area contributed by atoms with Crippen molar-refractivity contribution >= 4 is 12.0 Å². The number of carboxylic acids is 1. The van der Waals surface area contributed by atoms with Gasteiger partial charge in [-0.3, -0.25) is 4.79 Å². The maximum atomic E-state index is 12.1. The minimum atomic E-state index is -0.793. The topological polar surface area (TPSA) is 69.6 Å². The van der Waals surface area contributed by atoms with Gasteiger partial charge in [0.1, 0.15) is 0 Å². The molecule has 0 aromatic heterocycles. The lowest BCUT2D eigenvalue weighted by Crippen LogP contribution is -2.48. The van der Waals surface area contributed by atoms with Crippen molar-refractivity contribution in [3.05, 3.63) is 0 Å².